The molecule has 0 N–H and O–H groups in total. The predicted octanol–water partition coefficient (Wildman–Crippen LogP) is 4.80. The number of methoxy groups -OCH3 is 1. The van der Waals surface area contributed by atoms with Gasteiger partial charge in [0.1, 0.15) is 6.61 Å². The molecule has 4 nitrogen and oxygen atoms in total. The highest BCUT2D eigenvalue weighted by atomic mass is 79.9. The minimum Gasteiger partial charge on any atom is -0.480 e. The molecule has 0 amide bonds. The number of aromatic nitrogens is 2. The summed E-state index contributed by atoms with van der Waals surface area (Å²) in [6.07, 6.45) is 1.62. The molecule has 0 fully saturated rings. The number of nitrogens with zero attached hydrogens (tertiary/aromatic N) is 2. The third-order valence-electron chi connectivity index (χ3n) is 3.77. The Morgan fingerprint density at radius 3 is 2.58 bits per heavy atom. The van der Waals surface area contributed by atoms with E-state index in [1.807, 2.05) is 24.3 Å². The first-order valence-electron chi connectivity index (χ1n) is 7.52. The van der Waals surface area contributed by atoms with Crippen LogP contribution in [0.1, 0.15) is 11.1 Å². The molecule has 0 aliphatic rings. The molecule has 2 aromatic carbocycles. The third-order valence-corrected chi connectivity index (χ3v) is 4.31. The average molecular weight is 385 g/mol. The van der Waals surface area contributed by atoms with Crippen LogP contribution in [0.15, 0.2) is 59.2 Å². The number of hydrogen-bond acceptors (Lipinski definition) is 4. The van der Waals surface area contributed by atoms with Crippen molar-refractivity contribution in [2.75, 3.05) is 7.11 Å². The molecular formula is C19H17BrN2O2. The van der Waals surface area contributed by atoms with E-state index in [4.69, 9.17) is 9.47 Å². The first-order valence-corrected chi connectivity index (χ1v) is 8.31. The lowest BCUT2D eigenvalue weighted by molar-refractivity contribution is 0.272. The highest BCUT2D eigenvalue weighted by Gasteiger charge is 2.09. The first kappa shape index (κ1) is 16.5. The first-order chi connectivity index (χ1) is 11.7. The van der Waals surface area contributed by atoms with Gasteiger partial charge in [-0.3, -0.25) is 0 Å². The topological polar surface area (TPSA) is 44.2 Å². The zero-order valence-electron chi connectivity index (χ0n) is 13.5. The normalized spacial score (nSPS) is 10.5. The molecule has 0 aliphatic heterocycles. The van der Waals surface area contributed by atoms with Gasteiger partial charge in [0.25, 0.3) is 0 Å². The lowest BCUT2D eigenvalue weighted by atomic mass is 9.97. The van der Waals surface area contributed by atoms with Crippen LogP contribution in [0.2, 0.25) is 0 Å². The van der Waals surface area contributed by atoms with E-state index < -0.39 is 0 Å². The van der Waals surface area contributed by atoms with Crippen LogP contribution in [-0.2, 0) is 6.61 Å². The number of ether oxygens (including phenoxy) is 2. The zero-order valence-corrected chi connectivity index (χ0v) is 15.1. The van der Waals surface area contributed by atoms with Gasteiger partial charge in [0.2, 0.25) is 5.88 Å². The van der Waals surface area contributed by atoms with Crippen molar-refractivity contribution in [2.24, 2.45) is 0 Å². The second-order valence-electron chi connectivity index (χ2n) is 5.25. The molecular weight excluding hydrogens is 368 g/mol. The van der Waals surface area contributed by atoms with Crippen LogP contribution in [0.3, 0.4) is 0 Å². The SMILES string of the molecule is COc1nc(OCc2cccc(-c3ccccc3)c2C)ncc1Br. The summed E-state index contributed by atoms with van der Waals surface area (Å²) in [5.74, 6) is 0.453. The summed E-state index contributed by atoms with van der Waals surface area (Å²) in [5.41, 5.74) is 4.68. The largest absolute Gasteiger partial charge is 0.480 e. The molecule has 0 bridgehead atoms. The summed E-state index contributed by atoms with van der Waals surface area (Å²) in [6, 6.07) is 16.8. The zero-order chi connectivity index (χ0) is 16.9. The maximum Gasteiger partial charge on any atom is 0.320 e. The van der Waals surface area contributed by atoms with Gasteiger partial charge in [0, 0.05) is 0 Å². The van der Waals surface area contributed by atoms with E-state index in [9.17, 15) is 0 Å². The minimum atomic E-state index is 0.291. The minimum absolute atomic E-state index is 0.291. The number of halogens is 1. The van der Waals surface area contributed by atoms with Gasteiger partial charge in [0.05, 0.1) is 17.8 Å². The maximum absolute atomic E-state index is 5.74. The summed E-state index contributed by atoms with van der Waals surface area (Å²) in [7, 11) is 1.56. The summed E-state index contributed by atoms with van der Waals surface area (Å²) < 4.78 is 11.6. The third kappa shape index (κ3) is 3.57. The monoisotopic (exact) mass is 384 g/mol. The Balaban J connectivity index is 1.81. The van der Waals surface area contributed by atoms with E-state index in [1.165, 1.54) is 16.7 Å². The Hall–Kier alpha value is -2.40. The lowest BCUT2D eigenvalue weighted by Crippen LogP contribution is -2.03. The Bertz CT molecular complexity index is 838. The van der Waals surface area contributed by atoms with E-state index >= 15 is 0 Å². The molecule has 0 saturated carbocycles. The van der Waals surface area contributed by atoms with E-state index in [0.29, 0.717) is 23.0 Å². The molecule has 24 heavy (non-hydrogen) atoms. The van der Waals surface area contributed by atoms with Crippen LogP contribution in [0.25, 0.3) is 11.1 Å². The molecule has 3 rings (SSSR count). The molecule has 5 heteroatoms. The molecule has 1 heterocycles. The van der Waals surface area contributed by atoms with Gasteiger partial charge in [-0.05, 0) is 45.1 Å². The van der Waals surface area contributed by atoms with Crippen molar-refractivity contribution < 1.29 is 9.47 Å². The van der Waals surface area contributed by atoms with Crippen molar-refractivity contribution in [2.45, 2.75) is 13.5 Å². The Kier molecular flexibility index (Phi) is 5.11. The summed E-state index contributed by atoms with van der Waals surface area (Å²) in [6.45, 7) is 2.50. The number of benzene rings is 2. The van der Waals surface area contributed by atoms with Crippen molar-refractivity contribution >= 4 is 15.9 Å². The molecule has 0 spiro atoms. The molecule has 0 unspecified atom stereocenters. The molecule has 0 saturated heterocycles. The van der Waals surface area contributed by atoms with Gasteiger partial charge >= 0.3 is 6.01 Å². The number of rotatable bonds is 5. The molecule has 0 aliphatic carbocycles. The fourth-order valence-electron chi connectivity index (χ4n) is 2.46. The van der Waals surface area contributed by atoms with E-state index in [0.717, 1.165) is 5.56 Å². The van der Waals surface area contributed by atoms with Gasteiger partial charge < -0.3 is 9.47 Å². The Morgan fingerprint density at radius 2 is 1.83 bits per heavy atom. The van der Waals surface area contributed by atoms with Crippen molar-refractivity contribution in [3.63, 3.8) is 0 Å². The van der Waals surface area contributed by atoms with E-state index in [2.05, 4.69) is 57.1 Å². The fraction of sp³-hybridized carbons (Fsp3) is 0.158. The summed E-state index contributed by atoms with van der Waals surface area (Å²) in [4.78, 5) is 8.37. The summed E-state index contributed by atoms with van der Waals surface area (Å²) >= 11 is 3.33. The standard InChI is InChI=1S/C19H17BrN2O2/c1-13-15(9-6-10-16(13)14-7-4-3-5-8-14)12-24-19-21-11-17(20)18(22-19)23-2/h3-11H,12H2,1-2H3. The van der Waals surface area contributed by atoms with Gasteiger partial charge in [-0.15, -0.1) is 0 Å². The van der Waals surface area contributed by atoms with Crippen LogP contribution >= 0.6 is 15.9 Å². The van der Waals surface area contributed by atoms with Crippen LogP contribution in [0.5, 0.6) is 11.9 Å². The summed E-state index contributed by atoms with van der Waals surface area (Å²) in [5, 5.41) is 0. The van der Waals surface area contributed by atoms with Crippen molar-refractivity contribution in [1.29, 1.82) is 0 Å². The number of hydrogen-bond donors (Lipinski definition) is 0. The van der Waals surface area contributed by atoms with E-state index in [1.54, 1.807) is 13.3 Å². The highest BCUT2D eigenvalue weighted by Crippen LogP contribution is 2.27. The van der Waals surface area contributed by atoms with Crippen LogP contribution in [-0.4, -0.2) is 17.1 Å². The fourth-order valence-corrected chi connectivity index (χ4v) is 2.81. The molecule has 1 aromatic heterocycles. The smallest absolute Gasteiger partial charge is 0.320 e. The van der Waals surface area contributed by atoms with Crippen LogP contribution < -0.4 is 9.47 Å². The molecule has 122 valence electrons. The van der Waals surface area contributed by atoms with Gasteiger partial charge in [-0.25, -0.2) is 4.98 Å². The van der Waals surface area contributed by atoms with Gasteiger partial charge in [-0.2, -0.15) is 4.98 Å². The van der Waals surface area contributed by atoms with Crippen molar-refractivity contribution in [3.05, 3.63) is 70.3 Å². The van der Waals surface area contributed by atoms with Crippen LogP contribution in [0.4, 0.5) is 0 Å². The Morgan fingerprint density at radius 1 is 1.04 bits per heavy atom. The second-order valence-corrected chi connectivity index (χ2v) is 6.11. The van der Waals surface area contributed by atoms with E-state index in [-0.39, 0.29) is 0 Å². The molecule has 0 atom stereocenters. The second kappa shape index (κ2) is 7.45. The van der Waals surface area contributed by atoms with Crippen molar-refractivity contribution in [3.8, 4) is 23.0 Å². The maximum atomic E-state index is 5.74. The molecule has 3 aromatic rings. The quantitative estimate of drug-likeness (QED) is 0.633. The predicted molar refractivity (Wildman–Crippen MR) is 97.2 cm³/mol. The van der Waals surface area contributed by atoms with Crippen LogP contribution in [0, 0.1) is 6.92 Å². The lowest BCUT2D eigenvalue weighted by Gasteiger charge is -2.12. The highest BCUT2D eigenvalue weighted by molar-refractivity contribution is 9.10. The van der Waals surface area contributed by atoms with Crippen molar-refractivity contribution in [1.82, 2.24) is 9.97 Å². The van der Waals surface area contributed by atoms with Gasteiger partial charge in [0.15, 0.2) is 0 Å². The Labute approximate surface area is 149 Å². The molecule has 0 radical (unpaired) electrons. The average Bonchev–Trinajstić information content (AvgIpc) is 2.62. The van der Waals surface area contributed by atoms with Gasteiger partial charge in [-0.1, -0.05) is 48.5 Å².